The van der Waals surface area contributed by atoms with Gasteiger partial charge in [-0.3, -0.25) is 19.2 Å². The van der Waals surface area contributed by atoms with Gasteiger partial charge in [0.15, 0.2) is 0 Å². The summed E-state index contributed by atoms with van der Waals surface area (Å²) in [6.45, 7) is 0. The normalized spacial score (nSPS) is 30.7. The average molecular weight is 429 g/mol. The van der Waals surface area contributed by atoms with Crippen LogP contribution in [0.5, 0.6) is 0 Å². The first-order valence-electron chi connectivity index (χ1n) is 10.8. The molecule has 2 unspecified atom stereocenters. The fraction of sp³-hybridized carbons (Fsp3) is 0.545. The zero-order valence-corrected chi connectivity index (χ0v) is 17.2. The number of hydrogen-bond acceptors (Lipinski definition) is 6. The van der Waals surface area contributed by atoms with E-state index in [4.69, 9.17) is 0 Å². The molecule has 0 bridgehead atoms. The van der Waals surface area contributed by atoms with Gasteiger partial charge < -0.3 is 25.4 Å². The van der Waals surface area contributed by atoms with Crippen molar-refractivity contribution in [2.24, 2.45) is 0 Å². The number of hydrogen-bond donors (Lipinski definition) is 3. The summed E-state index contributed by atoms with van der Waals surface area (Å²) in [7, 11) is 0. The molecular formula is C22H27N3O6. The molecule has 1 aromatic carbocycles. The quantitative estimate of drug-likeness (QED) is 0.598. The monoisotopic (exact) mass is 429 g/mol. The van der Waals surface area contributed by atoms with E-state index < -0.39 is 36.3 Å². The number of aliphatic hydroxyl groups is 1. The Morgan fingerprint density at radius 1 is 1.00 bits per heavy atom. The Balaban J connectivity index is 1.48. The smallest absolute Gasteiger partial charge is 0.310 e. The van der Waals surface area contributed by atoms with Gasteiger partial charge in [-0.2, -0.15) is 0 Å². The molecule has 0 aromatic heterocycles. The summed E-state index contributed by atoms with van der Waals surface area (Å²) in [4.78, 5) is 51.9. The van der Waals surface area contributed by atoms with E-state index in [-0.39, 0.29) is 24.3 Å². The van der Waals surface area contributed by atoms with E-state index >= 15 is 0 Å². The third-order valence-electron chi connectivity index (χ3n) is 6.29. The van der Waals surface area contributed by atoms with E-state index in [0.717, 1.165) is 19.3 Å². The zero-order valence-electron chi connectivity index (χ0n) is 17.2. The fourth-order valence-electron chi connectivity index (χ4n) is 4.70. The van der Waals surface area contributed by atoms with E-state index in [2.05, 4.69) is 15.4 Å². The minimum absolute atomic E-state index is 0.0638. The summed E-state index contributed by atoms with van der Waals surface area (Å²) >= 11 is 0. The van der Waals surface area contributed by atoms with Crippen molar-refractivity contribution in [2.75, 3.05) is 0 Å². The number of ether oxygens (including phenoxy) is 1. The van der Waals surface area contributed by atoms with Crippen molar-refractivity contribution in [3.63, 3.8) is 0 Å². The van der Waals surface area contributed by atoms with Crippen LogP contribution in [-0.2, 0) is 19.1 Å². The molecule has 3 heterocycles. The second kappa shape index (κ2) is 9.05. The number of fused-ring (bicyclic) bond motifs is 1. The molecule has 0 aliphatic carbocycles. The van der Waals surface area contributed by atoms with Crippen molar-refractivity contribution in [3.8, 4) is 0 Å². The fourth-order valence-corrected chi connectivity index (χ4v) is 4.70. The van der Waals surface area contributed by atoms with Crippen LogP contribution in [0.4, 0.5) is 0 Å². The van der Waals surface area contributed by atoms with Gasteiger partial charge in [-0.25, -0.2) is 0 Å². The predicted molar refractivity (Wildman–Crippen MR) is 108 cm³/mol. The maximum atomic E-state index is 13.4. The van der Waals surface area contributed by atoms with E-state index in [1.807, 2.05) is 6.07 Å². The highest BCUT2D eigenvalue weighted by Gasteiger charge is 2.45. The first kappa shape index (κ1) is 21.3. The molecule has 9 heteroatoms. The van der Waals surface area contributed by atoms with Gasteiger partial charge in [-0.1, -0.05) is 31.0 Å². The summed E-state index contributed by atoms with van der Waals surface area (Å²) in [6, 6.07) is 6.43. The predicted octanol–water partition coefficient (Wildman–Crippen LogP) is 0.469. The van der Waals surface area contributed by atoms with Crippen molar-refractivity contribution < 1.29 is 29.0 Å². The minimum Gasteiger partial charge on any atom is -0.434 e. The average Bonchev–Trinajstić information content (AvgIpc) is 3.31. The SMILES string of the molecule is O=C1CC(NC(=O)[C@@H]2CC[C@@H]3CCCC[C@H](NC(=O)c4ccccc4)C(=O)N32)C(O)O1. The Morgan fingerprint density at radius 2 is 1.74 bits per heavy atom. The van der Waals surface area contributed by atoms with Crippen LogP contribution in [0.15, 0.2) is 30.3 Å². The van der Waals surface area contributed by atoms with Gasteiger partial charge in [-0.15, -0.1) is 0 Å². The van der Waals surface area contributed by atoms with E-state index in [9.17, 15) is 24.3 Å². The van der Waals surface area contributed by atoms with Crippen LogP contribution < -0.4 is 10.6 Å². The molecule has 4 rings (SSSR count). The maximum Gasteiger partial charge on any atom is 0.310 e. The van der Waals surface area contributed by atoms with Crippen LogP contribution in [0.3, 0.4) is 0 Å². The highest BCUT2D eigenvalue weighted by atomic mass is 16.6. The molecule has 0 radical (unpaired) electrons. The molecule has 3 amide bonds. The van der Waals surface area contributed by atoms with Gasteiger partial charge in [0.25, 0.3) is 5.91 Å². The lowest BCUT2D eigenvalue weighted by Gasteiger charge is -2.35. The largest absolute Gasteiger partial charge is 0.434 e. The molecular weight excluding hydrogens is 402 g/mol. The van der Waals surface area contributed by atoms with Crippen molar-refractivity contribution in [2.45, 2.75) is 75.4 Å². The Hall–Kier alpha value is -2.94. The Labute approximate surface area is 180 Å². The van der Waals surface area contributed by atoms with Gasteiger partial charge in [0.05, 0.1) is 6.42 Å². The maximum absolute atomic E-state index is 13.4. The van der Waals surface area contributed by atoms with Crippen LogP contribution in [0.25, 0.3) is 0 Å². The molecule has 31 heavy (non-hydrogen) atoms. The summed E-state index contributed by atoms with van der Waals surface area (Å²) in [6.07, 6.45) is 2.76. The van der Waals surface area contributed by atoms with Gasteiger partial charge in [-0.05, 0) is 37.8 Å². The topological polar surface area (TPSA) is 125 Å². The van der Waals surface area contributed by atoms with Crippen molar-refractivity contribution in [3.05, 3.63) is 35.9 Å². The van der Waals surface area contributed by atoms with Crippen molar-refractivity contribution in [1.82, 2.24) is 15.5 Å². The number of nitrogens with one attached hydrogen (secondary N) is 2. The number of rotatable bonds is 4. The molecule has 0 spiro atoms. The second-order valence-corrected chi connectivity index (χ2v) is 8.37. The molecule has 3 aliphatic rings. The van der Waals surface area contributed by atoms with Crippen LogP contribution in [0, 0.1) is 0 Å². The zero-order chi connectivity index (χ0) is 22.0. The molecule has 1 aromatic rings. The molecule has 3 N–H and O–H groups in total. The lowest BCUT2D eigenvalue weighted by Crippen LogP contribution is -2.57. The first-order chi connectivity index (χ1) is 14.9. The Morgan fingerprint density at radius 3 is 2.45 bits per heavy atom. The van der Waals surface area contributed by atoms with Gasteiger partial charge in [0.1, 0.15) is 18.1 Å². The third kappa shape index (κ3) is 4.56. The van der Waals surface area contributed by atoms with Crippen LogP contribution in [0.1, 0.15) is 55.3 Å². The summed E-state index contributed by atoms with van der Waals surface area (Å²) < 4.78 is 4.68. The van der Waals surface area contributed by atoms with Gasteiger partial charge in [0.2, 0.25) is 18.1 Å². The Kier molecular flexibility index (Phi) is 6.22. The van der Waals surface area contributed by atoms with Gasteiger partial charge in [0, 0.05) is 11.6 Å². The highest BCUT2D eigenvalue weighted by molar-refractivity contribution is 5.98. The highest BCUT2D eigenvalue weighted by Crippen LogP contribution is 2.31. The molecule has 9 nitrogen and oxygen atoms in total. The number of nitrogens with zero attached hydrogens (tertiary/aromatic N) is 1. The van der Waals surface area contributed by atoms with Crippen molar-refractivity contribution >= 4 is 23.7 Å². The molecule has 3 aliphatic heterocycles. The van der Waals surface area contributed by atoms with Crippen LogP contribution in [0.2, 0.25) is 0 Å². The standard InChI is InChI=1S/C22H27N3O6/c26-18-12-16(22(30)31-18)24-20(28)17-11-10-14-8-4-5-9-15(21(29)25(14)17)23-19(27)13-6-2-1-3-7-13/h1-3,6-7,14-17,22,30H,4-5,8-12H2,(H,23,27)(H,24,28)/t14-,15-,16?,17-,22?/m0/s1. The molecule has 0 saturated carbocycles. The second-order valence-electron chi connectivity index (χ2n) is 8.37. The summed E-state index contributed by atoms with van der Waals surface area (Å²) in [5, 5.41) is 15.3. The Bertz CT molecular complexity index is 860. The van der Waals surface area contributed by atoms with E-state index in [1.54, 1.807) is 29.2 Å². The number of amides is 3. The number of esters is 1. The summed E-state index contributed by atoms with van der Waals surface area (Å²) in [5.74, 6) is -1.56. The molecule has 166 valence electrons. The third-order valence-corrected chi connectivity index (χ3v) is 6.29. The minimum atomic E-state index is -1.38. The number of carbonyl (C=O) groups excluding carboxylic acids is 4. The number of carbonyl (C=O) groups is 4. The first-order valence-corrected chi connectivity index (χ1v) is 10.8. The van der Waals surface area contributed by atoms with Crippen molar-refractivity contribution in [1.29, 1.82) is 0 Å². The number of aliphatic hydroxyl groups excluding tert-OH is 1. The number of benzene rings is 1. The van der Waals surface area contributed by atoms with Crippen LogP contribution >= 0.6 is 0 Å². The lowest BCUT2D eigenvalue weighted by molar-refractivity contribution is -0.155. The molecule has 5 atom stereocenters. The summed E-state index contributed by atoms with van der Waals surface area (Å²) in [5.41, 5.74) is 0.476. The molecule has 3 saturated heterocycles. The lowest BCUT2D eigenvalue weighted by atomic mass is 9.98. The number of cyclic esters (lactones) is 1. The molecule has 3 fully saturated rings. The van der Waals surface area contributed by atoms with Gasteiger partial charge >= 0.3 is 5.97 Å². The van der Waals surface area contributed by atoms with E-state index in [0.29, 0.717) is 24.8 Å². The van der Waals surface area contributed by atoms with Crippen LogP contribution in [-0.4, -0.2) is 64.2 Å². The van der Waals surface area contributed by atoms with E-state index in [1.165, 1.54) is 0 Å².